The second-order valence-electron chi connectivity index (χ2n) is 8.11. The third-order valence-electron chi connectivity index (χ3n) is 5.61. The lowest BCUT2D eigenvalue weighted by molar-refractivity contribution is -0.118. The van der Waals surface area contributed by atoms with Crippen molar-refractivity contribution in [1.29, 1.82) is 0 Å². The minimum atomic E-state index is -0.316. The maximum atomic E-state index is 13.2. The maximum absolute atomic E-state index is 13.2. The largest absolute Gasteiger partial charge is 0.463 e. The molecule has 0 atom stereocenters. The van der Waals surface area contributed by atoms with E-state index in [1.54, 1.807) is 53.4 Å². The highest BCUT2D eigenvalue weighted by Gasteiger charge is 2.19. The summed E-state index contributed by atoms with van der Waals surface area (Å²) in [6, 6.07) is 21.7. The smallest absolute Gasteiger partial charge is 0.274 e. The summed E-state index contributed by atoms with van der Waals surface area (Å²) >= 11 is 0. The molecule has 1 saturated heterocycles. The number of amides is 2. The van der Waals surface area contributed by atoms with E-state index in [0.717, 1.165) is 18.8 Å². The van der Waals surface area contributed by atoms with Crippen molar-refractivity contribution < 1.29 is 18.7 Å². The molecule has 0 radical (unpaired) electrons. The number of para-hydroxylation sites is 1. The Bertz CT molecular complexity index is 1280. The van der Waals surface area contributed by atoms with Gasteiger partial charge >= 0.3 is 0 Å². The van der Waals surface area contributed by atoms with Crippen LogP contribution in [0.2, 0.25) is 0 Å². The molecule has 0 spiro atoms. The maximum Gasteiger partial charge on any atom is 0.274 e. The van der Waals surface area contributed by atoms with E-state index in [1.807, 2.05) is 30.3 Å². The molecule has 2 amide bonds. The molecule has 4 aromatic rings. The molecule has 0 unspecified atom stereocenters. The van der Waals surface area contributed by atoms with Crippen LogP contribution < -0.4 is 10.6 Å². The van der Waals surface area contributed by atoms with Gasteiger partial charge in [0.05, 0.1) is 31.7 Å². The van der Waals surface area contributed by atoms with Crippen LogP contribution in [0.5, 0.6) is 0 Å². The first kappa shape index (κ1) is 22.6. The van der Waals surface area contributed by atoms with Crippen molar-refractivity contribution in [2.75, 3.05) is 43.5 Å². The number of carbonyl (C=O) groups excluding carboxylic acids is 2. The molecule has 178 valence electrons. The molecule has 1 fully saturated rings. The number of rotatable bonds is 7. The zero-order valence-electron chi connectivity index (χ0n) is 19.0. The second kappa shape index (κ2) is 10.4. The first-order valence-corrected chi connectivity index (χ1v) is 11.4. The molecule has 9 heteroatoms. The van der Waals surface area contributed by atoms with Crippen LogP contribution >= 0.6 is 0 Å². The molecule has 2 aromatic heterocycles. The molecule has 9 nitrogen and oxygen atoms in total. The molecule has 1 aliphatic heterocycles. The number of benzene rings is 2. The number of anilines is 2. The van der Waals surface area contributed by atoms with Crippen molar-refractivity contribution in [3.05, 3.63) is 84.8 Å². The molecule has 2 N–H and O–H groups in total. The Morgan fingerprint density at radius 1 is 0.886 bits per heavy atom. The molecule has 0 saturated carbocycles. The van der Waals surface area contributed by atoms with Crippen molar-refractivity contribution in [2.45, 2.75) is 0 Å². The average Bonchev–Trinajstić information content (AvgIpc) is 3.57. The Balaban J connectivity index is 1.28. The summed E-state index contributed by atoms with van der Waals surface area (Å²) < 4.78 is 12.4. The summed E-state index contributed by atoms with van der Waals surface area (Å²) in [4.78, 5) is 27.6. The summed E-state index contributed by atoms with van der Waals surface area (Å²) in [7, 11) is 0. The first-order valence-electron chi connectivity index (χ1n) is 11.4. The fraction of sp³-hybridized carbons (Fsp3) is 0.192. The number of nitrogens with zero attached hydrogens (tertiary/aromatic N) is 3. The van der Waals surface area contributed by atoms with E-state index in [-0.39, 0.29) is 11.8 Å². The van der Waals surface area contributed by atoms with Gasteiger partial charge in [0.15, 0.2) is 5.76 Å². The SMILES string of the molecule is O=C(CN1CCOCC1)Nc1ccc(NC(=O)c2cc(-c3ccco3)nn2-c2ccccc2)cc1. The average molecular weight is 472 g/mol. The standard InChI is InChI=1S/C26H25N5O4/c32-25(18-30-12-15-34-16-13-30)27-19-8-10-20(11-9-19)28-26(33)23-17-22(24-7-4-14-35-24)29-31(23)21-5-2-1-3-6-21/h1-11,14,17H,12-13,15-16,18H2,(H,27,32)(H,28,33). The van der Waals surface area contributed by atoms with E-state index in [0.29, 0.717) is 48.3 Å². The lowest BCUT2D eigenvalue weighted by Crippen LogP contribution is -2.41. The summed E-state index contributed by atoms with van der Waals surface area (Å²) in [5, 5.41) is 10.4. The van der Waals surface area contributed by atoms with Crippen molar-refractivity contribution in [1.82, 2.24) is 14.7 Å². The van der Waals surface area contributed by atoms with Gasteiger partial charge in [0.25, 0.3) is 5.91 Å². The number of furan rings is 1. The van der Waals surface area contributed by atoms with Crippen molar-refractivity contribution >= 4 is 23.2 Å². The number of carbonyl (C=O) groups is 2. The highest BCUT2D eigenvalue weighted by Crippen LogP contribution is 2.23. The van der Waals surface area contributed by atoms with E-state index in [2.05, 4.69) is 20.6 Å². The number of nitrogens with one attached hydrogen (secondary N) is 2. The molecule has 2 aromatic carbocycles. The molecule has 5 rings (SSSR count). The molecule has 0 bridgehead atoms. The van der Waals surface area contributed by atoms with Crippen LogP contribution in [-0.2, 0) is 9.53 Å². The van der Waals surface area contributed by atoms with Crippen molar-refractivity contribution in [3.63, 3.8) is 0 Å². The predicted molar refractivity (Wildman–Crippen MR) is 132 cm³/mol. The third kappa shape index (κ3) is 5.48. The van der Waals surface area contributed by atoms with Crippen LogP contribution in [0.15, 0.2) is 83.5 Å². The number of morpholine rings is 1. The van der Waals surface area contributed by atoms with Gasteiger partial charge in [0.1, 0.15) is 11.4 Å². The fourth-order valence-corrected chi connectivity index (χ4v) is 3.85. The first-order chi connectivity index (χ1) is 17.2. The van der Waals surface area contributed by atoms with E-state index >= 15 is 0 Å². The molecular formula is C26H25N5O4. The molecular weight excluding hydrogens is 446 g/mol. The van der Waals surface area contributed by atoms with E-state index in [4.69, 9.17) is 9.15 Å². The van der Waals surface area contributed by atoms with E-state index in [1.165, 1.54) is 0 Å². The zero-order chi connectivity index (χ0) is 24.0. The Morgan fingerprint density at radius 3 is 2.29 bits per heavy atom. The lowest BCUT2D eigenvalue weighted by atomic mass is 10.2. The Morgan fingerprint density at radius 2 is 1.60 bits per heavy atom. The van der Waals surface area contributed by atoms with E-state index in [9.17, 15) is 9.59 Å². The molecule has 3 heterocycles. The van der Waals surface area contributed by atoms with Gasteiger partial charge in [-0.2, -0.15) is 5.10 Å². The van der Waals surface area contributed by atoms with Crippen LogP contribution in [-0.4, -0.2) is 59.3 Å². The highest BCUT2D eigenvalue weighted by atomic mass is 16.5. The van der Waals surface area contributed by atoms with Gasteiger partial charge in [0.2, 0.25) is 5.91 Å². The van der Waals surface area contributed by atoms with Crippen molar-refractivity contribution in [2.24, 2.45) is 0 Å². The normalized spacial score (nSPS) is 13.9. The van der Waals surface area contributed by atoms with Gasteiger partial charge in [-0.3, -0.25) is 14.5 Å². The van der Waals surface area contributed by atoms with Crippen LogP contribution in [0.3, 0.4) is 0 Å². The minimum Gasteiger partial charge on any atom is -0.463 e. The van der Waals surface area contributed by atoms with Crippen LogP contribution in [0.4, 0.5) is 11.4 Å². The Hall–Kier alpha value is -4.21. The Kier molecular flexibility index (Phi) is 6.69. The van der Waals surface area contributed by atoms with Crippen LogP contribution in [0.25, 0.3) is 17.1 Å². The highest BCUT2D eigenvalue weighted by molar-refractivity contribution is 6.04. The van der Waals surface area contributed by atoms with Gasteiger partial charge in [-0.05, 0) is 48.5 Å². The monoisotopic (exact) mass is 471 g/mol. The number of hydrogen-bond donors (Lipinski definition) is 2. The van der Waals surface area contributed by atoms with Gasteiger partial charge in [-0.1, -0.05) is 18.2 Å². The quantitative estimate of drug-likeness (QED) is 0.427. The van der Waals surface area contributed by atoms with Gasteiger partial charge in [-0.25, -0.2) is 4.68 Å². The minimum absolute atomic E-state index is 0.0825. The summed E-state index contributed by atoms with van der Waals surface area (Å²) in [5.74, 6) is 0.176. The lowest BCUT2D eigenvalue weighted by Gasteiger charge is -2.25. The second-order valence-corrected chi connectivity index (χ2v) is 8.11. The number of hydrogen-bond acceptors (Lipinski definition) is 6. The predicted octanol–water partition coefficient (Wildman–Crippen LogP) is 3.66. The molecule has 0 aliphatic carbocycles. The molecule has 35 heavy (non-hydrogen) atoms. The fourth-order valence-electron chi connectivity index (χ4n) is 3.85. The van der Waals surface area contributed by atoms with Gasteiger partial charge in [0, 0.05) is 30.5 Å². The van der Waals surface area contributed by atoms with Crippen LogP contribution in [0, 0.1) is 0 Å². The number of ether oxygens (including phenoxy) is 1. The van der Waals surface area contributed by atoms with Gasteiger partial charge in [-0.15, -0.1) is 0 Å². The third-order valence-corrected chi connectivity index (χ3v) is 5.61. The Labute approximate surface area is 202 Å². The van der Waals surface area contributed by atoms with E-state index < -0.39 is 0 Å². The van der Waals surface area contributed by atoms with Crippen molar-refractivity contribution in [3.8, 4) is 17.1 Å². The topological polar surface area (TPSA) is 102 Å². The summed E-state index contributed by atoms with van der Waals surface area (Å²) in [5.41, 5.74) is 2.94. The van der Waals surface area contributed by atoms with Crippen LogP contribution in [0.1, 0.15) is 10.5 Å². The summed E-state index contributed by atoms with van der Waals surface area (Å²) in [6.45, 7) is 3.12. The number of aromatic nitrogens is 2. The summed E-state index contributed by atoms with van der Waals surface area (Å²) in [6.07, 6.45) is 1.57. The zero-order valence-corrected chi connectivity index (χ0v) is 19.0. The molecule has 1 aliphatic rings. The van der Waals surface area contributed by atoms with Gasteiger partial charge < -0.3 is 19.8 Å².